The van der Waals surface area contributed by atoms with Crippen LogP contribution in [0.2, 0.25) is 0 Å². The summed E-state index contributed by atoms with van der Waals surface area (Å²) >= 11 is 0. The van der Waals surface area contributed by atoms with E-state index in [1.165, 1.54) is 0 Å². The van der Waals surface area contributed by atoms with E-state index in [0.717, 1.165) is 37.4 Å². The van der Waals surface area contributed by atoms with Crippen molar-refractivity contribution in [3.05, 3.63) is 11.8 Å². The minimum atomic E-state index is 0.706. The fraction of sp³-hybridized carbons (Fsp3) is 0.692. The summed E-state index contributed by atoms with van der Waals surface area (Å²) in [7, 11) is 6.28. The third kappa shape index (κ3) is 4.49. The van der Waals surface area contributed by atoms with Crippen molar-refractivity contribution in [1.82, 2.24) is 14.9 Å². The minimum Gasteiger partial charge on any atom is -0.359 e. The van der Waals surface area contributed by atoms with Gasteiger partial charge in [-0.05, 0) is 40.9 Å². The number of aryl methyl sites for hydroxylation is 1. The number of aromatic nitrogens is 2. The van der Waals surface area contributed by atoms with Gasteiger partial charge in [0.25, 0.3) is 0 Å². The van der Waals surface area contributed by atoms with Crippen molar-refractivity contribution < 1.29 is 0 Å². The molecule has 1 N–H and O–H groups in total. The zero-order valence-corrected chi connectivity index (χ0v) is 12.2. The fourth-order valence-electron chi connectivity index (χ4n) is 1.79. The zero-order chi connectivity index (χ0) is 13.5. The van der Waals surface area contributed by atoms with Gasteiger partial charge in [-0.2, -0.15) is 4.98 Å². The number of nitrogens with zero attached hydrogens (tertiary/aromatic N) is 4. The minimum absolute atomic E-state index is 0.706. The summed E-state index contributed by atoms with van der Waals surface area (Å²) in [6.07, 6.45) is 3.01. The van der Waals surface area contributed by atoms with Crippen LogP contribution in [0.4, 0.5) is 11.8 Å². The van der Waals surface area contributed by atoms with Gasteiger partial charge in [0.1, 0.15) is 5.82 Å². The van der Waals surface area contributed by atoms with Crippen molar-refractivity contribution in [1.29, 1.82) is 0 Å². The number of hydrogen-bond acceptors (Lipinski definition) is 5. The van der Waals surface area contributed by atoms with Crippen LogP contribution in [0, 0.1) is 6.92 Å². The average Bonchev–Trinajstić information content (AvgIpc) is 2.31. The quantitative estimate of drug-likeness (QED) is 0.797. The molecule has 1 aromatic heterocycles. The van der Waals surface area contributed by atoms with Gasteiger partial charge in [0.15, 0.2) is 0 Å². The lowest BCUT2D eigenvalue weighted by Gasteiger charge is -2.21. The SMILES string of the molecule is CCNc1ncc(C)c(N(C)CCCN(C)C)n1. The molecular weight excluding hydrogens is 226 g/mol. The Bertz CT molecular complexity index is 364. The topological polar surface area (TPSA) is 44.3 Å². The molecule has 0 saturated carbocycles. The molecule has 5 heteroatoms. The highest BCUT2D eigenvalue weighted by Gasteiger charge is 2.08. The van der Waals surface area contributed by atoms with Crippen LogP contribution in [-0.4, -0.2) is 55.6 Å². The summed E-state index contributed by atoms with van der Waals surface area (Å²) in [4.78, 5) is 13.2. The van der Waals surface area contributed by atoms with Gasteiger partial charge in [-0.1, -0.05) is 0 Å². The van der Waals surface area contributed by atoms with Crippen molar-refractivity contribution in [3.8, 4) is 0 Å². The molecule has 0 aromatic carbocycles. The Kier molecular flexibility index (Phi) is 5.85. The molecule has 0 spiro atoms. The molecular formula is C13H25N5. The zero-order valence-electron chi connectivity index (χ0n) is 12.2. The van der Waals surface area contributed by atoms with E-state index in [2.05, 4.69) is 46.2 Å². The normalized spacial score (nSPS) is 10.8. The van der Waals surface area contributed by atoms with Crippen LogP contribution in [0.5, 0.6) is 0 Å². The Hall–Kier alpha value is -1.36. The number of rotatable bonds is 7. The van der Waals surface area contributed by atoms with Crippen molar-refractivity contribution in [2.75, 3.05) is 51.0 Å². The largest absolute Gasteiger partial charge is 0.359 e. The molecule has 0 amide bonds. The summed E-state index contributed by atoms with van der Waals surface area (Å²) < 4.78 is 0. The maximum absolute atomic E-state index is 4.55. The van der Waals surface area contributed by atoms with Gasteiger partial charge in [0.2, 0.25) is 5.95 Å². The maximum atomic E-state index is 4.55. The molecule has 0 aliphatic carbocycles. The van der Waals surface area contributed by atoms with E-state index in [-0.39, 0.29) is 0 Å². The predicted octanol–water partition coefficient (Wildman–Crippen LogP) is 1.60. The van der Waals surface area contributed by atoms with Gasteiger partial charge < -0.3 is 15.1 Å². The van der Waals surface area contributed by atoms with Gasteiger partial charge in [0.05, 0.1) is 0 Å². The monoisotopic (exact) mass is 251 g/mol. The molecule has 0 fully saturated rings. The van der Waals surface area contributed by atoms with Crippen molar-refractivity contribution in [2.45, 2.75) is 20.3 Å². The Labute approximate surface area is 110 Å². The van der Waals surface area contributed by atoms with Crippen LogP contribution >= 0.6 is 0 Å². The van der Waals surface area contributed by atoms with E-state index in [9.17, 15) is 0 Å². The van der Waals surface area contributed by atoms with Gasteiger partial charge in [-0.25, -0.2) is 4.98 Å². The molecule has 5 nitrogen and oxygen atoms in total. The number of nitrogens with one attached hydrogen (secondary N) is 1. The fourth-order valence-corrected chi connectivity index (χ4v) is 1.79. The second-order valence-electron chi connectivity index (χ2n) is 4.81. The van der Waals surface area contributed by atoms with Crippen LogP contribution in [-0.2, 0) is 0 Å². The maximum Gasteiger partial charge on any atom is 0.224 e. The van der Waals surface area contributed by atoms with E-state index in [1.807, 2.05) is 20.0 Å². The first-order valence-corrected chi connectivity index (χ1v) is 6.48. The van der Waals surface area contributed by atoms with Crippen LogP contribution < -0.4 is 10.2 Å². The van der Waals surface area contributed by atoms with Gasteiger partial charge >= 0.3 is 0 Å². The summed E-state index contributed by atoms with van der Waals surface area (Å²) in [6.45, 7) is 7.03. The average molecular weight is 251 g/mol. The Morgan fingerprint density at radius 3 is 2.56 bits per heavy atom. The lowest BCUT2D eigenvalue weighted by molar-refractivity contribution is 0.401. The molecule has 0 saturated heterocycles. The second kappa shape index (κ2) is 7.16. The third-order valence-electron chi connectivity index (χ3n) is 2.74. The molecule has 0 aliphatic rings. The van der Waals surface area contributed by atoms with E-state index in [4.69, 9.17) is 0 Å². The van der Waals surface area contributed by atoms with Crippen LogP contribution in [0.1, 0.15) is 18.9 Å². The highest BCUT2D eigenvalue weighted by molar-refractivity contribution is 5.48. The van der Waals surface area contributed by atoms with Crippen molar-refractivity contribution in [3.63, 3.8) is 0 Å². The highest BCUT2D eigenvalue weighted by atomic mass is 15.2. The molecule has 0 bridgehead atoms. The molecule has 1 heterocycles. The molecule has 1 aromatic rings. The number of hydrogen-bond donors (Lipinski definition) is 1. The first-order chi connectivity index (χ1) is 8.54. The highest BCUT2D eigenvalue weighted by Crippen LogP contribution is 2.16. The first kappa shape index (κ1) is 14.7. The molecule has 18 heavy (non-hydrogen) atoms. The standard InChI is InChI=1S/C13H25N5/c1-6-14-13-15-10-11(2)12(16-13)18(5)9-7-8-17(3)4/h10H,6-9H2,1-5H3,(H,14,15,16). The van der Waals surface area contributed by atoms with Gasteiger partial charge in [-0.15, -0.1) is 0 Å². The summed E-state index contributed by atoms with van der Waals surface area (Å²) in [6, 6.07) is 0. The lowest BCUT2D eigenvalue weighted by Crippen LogP contribution is -2.25. The van der Waals surface area contributed by atoms with E-state index >= 15 is 0 Å². The van der Waals surface area contributed by atoms with E-state index < -0.39 is 0 Å². The van der Waals surface area contributed by atoms with Crippen molar-refractivity contribution >= 4 is 11.8 Å². The summed E-state index contributed by atoms with van der Waals surface area (Å²) in [5.41, 5.74) is 1.11. The van der Waals surface area contributed by atoms with Crippen LogP contribution in [0.15, 0.2) is 6.20 Å². The second-order valence-corrected chi connectivity index (χ2v) is 4.81. The summed E-state index contributed by atoms with van der Waals surface area (Å²) in [5, 5.41) is 3.15. The van der Waals surface area contributed by atoms with E-state index in [0.29, 0.717) is 5.95 Å². The Balaban J connectivity index is 2.65. The first-order valence-electron chi connectivity index (χ1n) is 6.48. The molecule has 0 unspecified atom stereocenters. The molecule has 0 atom stereocenters. The molecule has 102 valence electrons. The molecule has 0 aliphatic heterocycles. The molecule has 0 radical (unpaired) electrons. The van der Waals surface area contributed by atoms with Crippen LogP contribution in [0.3, 0.4) is 0 Å². The van der Waals surface area contributed by atoms with E-state index in [1.54, 1.807) is 0 Å². The predicted molar refractivity (Wildman–Crippen MR) is 77.4 cm³/mol. The van der Waals surface area contributed by atoms with Gasteiger partial charge in [-0.3, -0.25) is 0 Å². The van der Waals surface area contributed by atoms with Gasteiger partial charge in [0, 0.05) is 31.9 Å². The Morgan fingerprint density at radius 2 is 1.94 bits per heavy atom. The lowest BCUT2D eigenvalue weighted by atomic mass is 10.3. The third-order valence-corrected chi connectivity index (χ3v) is 2.74. The number of anilines is 2. The smallest absolute Gasteiger partial charge is 0.224 e. The Morgan fingerprint density at radius 1 is 1.22 bits per heavy atom. The van der Waals surface area contributed by atoms with Crippen molar-refractivity contribution in [2.24, 2.45) is 0 Å². The molecule has 1 rings (SSSR count). The van der Waals surface area contributed by atoms with Crippen LogP contribution in [0.25, 0.3) is 0 Å². The summed E-state index contributed by atoms with van der Waals surface area (Å²) in [5.74, 6) is 1.72.